The number of hydrogen-bond acceptors (Lipinski definition) is 7. The van der Waals surface area contributed by atoms with Crippen LogP contribution in [-0.4, -0.2) is 46.4 Å². The van der Waals surface area contributed by atoms with Crippen LogP contribution in [0.4, 0.5) is 4.79 Å². The van der Waals surface area contributed by atoms with E-state index in [1.165, 1.54) is 9.36 Å². The topological polar surface area (TPSA) is 128 Å². The SMILES string of the molecule is O=C(NCc1nnnn1-c1cccc(Cl)c1)NCc1nnnn1-c1cccc(Cl)c1. The third-order valence-corrected chi connectivity index (χ3v) is 4.46. The number of halogens is 2. The molecule has 0 saturated heterocycles. The Morgan fingerprint density at radius 3 is 1.70 bits per heavy atom. The summed E-state index contributed by atoms with van der Waals surface area (Å²) in [6.07, 6.45) is 0. The standard InChI is InChI=1S/C17H14Cl2N10O/c18-11-3-1-5-13(7-11)28-15(22-24-26-28)9-20-17(30)21-10-16-23-25-27-29(16)14-6-2-4-12(19)8-14/h1-8H,9-10H2,(H2,20,21,30). The van der Waals surface area contributed by atoms with Gasteiger partial charge in [0.25, 0.3) is 0 Å². The third-order valence-electron chi connectivity index (χ3n) is 3.99. The fourth-order valence-electron chi connectivity index (χ4n) is 2.63. The van der Waals surface area contributed by atoms with E-state index in [1.807, 2.05) is 12.1 Å². The second-order valence-electron chi connectivity index (χ2n) is 6.01. The second kappa shape index (κ2) is 8.84. The number of carbonyl (C=O) groups excluding carboxylic acids is 1. The van der Waals surface area contributed by atoms with Crippen LogP contribution in [0.15, 0.2) is 48.5 Å². The molecule has 2 aromatic carbocycles. The lowest BCUT2D eigenvalue weighted by molar-refractivity contribution is 0.239. The van der Waals surface area contributed by atoms with E-state index in [4.69, 9.17) is 23.2 Å². The van der Waals surface area contributed by atoms with Crippen molar-refractivity contribution in [2.24, 2.45) is 0 Å². The van der Waals surface area contributed by atoms with Crippen molar-refractivity contribution in [3.63, 3.8) is 0 Å². The number of nitrogens with one attached hydrogen (secondary N) is 2. The number of urea groups is 1. The molecular weight excluding hydrogens is 431 g/mol. The number of carbonyl (C=O) groups is 1. The van der Waals surface area contributed by atoms with Gasteiger partial charge in [-0.2, -0.15) is 9.36 Å². The van der Waals surface area contributed by atoms with Crippen molar-refractivity contribution in [1.29, 1.82) is 0 Å². The third kappa shape index (κ3) is 4.53. The van der Waals surface area contributed by atoms with Crippen molar-refractivity contribution in [3.05, 3.63) is 70.2 Å². The lowest BCUT2D eigenvalue weighted by atomic mass is 10.3. The van der Waals surface area contributed by atoms with Crippen molar-refractivity contribution in [2.75, 3.05) is 0 Å². The van der Waals surface area contributed by atoms with Gasteiger partial charge >= 0.3 is 6.03 Å². The van der Waals surface area contributed by atoms with E-state index in [-0.39, 0.29) is 13.1 Å². The molecule has 2 amide bonds. The van der Waals surface area contributed by atoms with Crippen LogP contribution in [0.1, 0.15) is 11.6 Å². The number of tetrazole rings is 2. The highest BCUT2D eigenvalue weighted by atomic mass is 35.5. The van der Waals surface area contributed by atoms with E-state index < -0.39 is 6.03 Å². The molecule has 0 unspecified atom stereocenters. The van der Waals surface area contributed by atoms with Crippen LogP contribution in [0.25, 0.3) is 11.4 Å². The first-order chi connectivity index (χ1) is 14.6. The summed E-state index contributed by atoms with van der Waals surface area (Å²) in [6.45, 7) is 0.204. The van der Waals surface area contributed by atoms with Crippen LogP contribution in [0.3, 0.4) is 0 Å². The van der Waals surface area contributed by atoms with Gasteiger partial charge in [-0.25, -0.2) is 4.79 Å². The molecule has 30 heavy (non-hydrogen) atoms. The van der Waals surface area contributed by atoms with Crippen molar-refractivity contribution >= 4 is 29.2 Å². The zero-order chi connectivity index (χ0) is 20.9. The predicted octanol–water partition coefficient (Wildman–Crippen LogP) is 1.94. The molecule has 0 aliphatic heterocycles. The number of benzene rings is 2. The van der Waals surface area contributed by atoms with Gasteiger partial charge in [-0.3, -0.25) is 0 Å². The maximum atomic E-state index is 12.2. The molecule has 0 spiro atoms. The van der Waals surface area contributed by atoms with Gasteiger partial charge in [-0.05, 0) is 57.3 Å². The Morgan fingerprint density at radius 2 is 1.27 bits per heavy atom. The molecule has 0 aliphatic carbocycles. The molecule has 4 aromatic rings. The lowest BCUT2D eigenvalue weighted by Gasteiger charge is -2.09. The quantitative estimate of drug-likeness (QED) is 0.464. The van der Waals surface area contributed by atoms with Crippen LogP contribution in [0.5, 0.6) is 0 Å². The summed E-state index contributed by atoms with van der Waals surface area (Å²) in [6, 6.07) is 13.7. The van der Waals surface area contributed by atoms with Crippen LogP contribution in [-0.2, 0) is 13.1 Å². The van der Waals surface area contributed by atoms with E-state index >= 15 is 0 Å². The molecule has 0 bridgehead atoms. The maximum absolute atomic E-state index is 12.2. The molecule has 4 rings (SSSR count). The Morgan fingerprint density at radius 1 is 0.800 bits per heavy atom. The summed E-state index contributed by atoms with van der Waals surface area (Å²) in [5.41, 5.74) is 1.37. The first kappa shape index (κ1) is 19.7. The number of rotatable bonds is 6. The first-order valence-electron chi connectivity index (χ1n) is 8.68. The number of aromatic nitrogens is 8. The highest BCUT2D eigenvalue weighted by Gasteiger charge is 2.12. The second-order valence-corrected chi connectivity index (χ2v) is 6.88. The highest BCUT2D eigenvalue weighted by molar-refractivity contribution is 6.31. The summed E-state index contributed by atoms with van der Waals surface area (Å²) in [5.74, 6) is 0.882. The minimum Gasteiger partial charge on any atom is -0.331 e. The Kier molecular flexibility index (Phi) is 5.82. The van der Waals surface area contributed by atoms with Crippen molar-refractivity contribution in [2.45, 2.75) is 13.1 Å². The van der Waals surface area contributed by atoms with E-state index in [0.29, 0.717) is 33.1 Å². The van der Waals surface area contributed by atoms with Crippen LogP contribution < -0.4 is 10.6 Å². The fourth-order valence-corrected chi connectivity index (χ4v) is 3.00. The zero-order valence-electron chi connectivity index (χ0n) is 15.3. The van der Waals surface area contributed by atoms with Gasteiger partial charge in [0.2, 0.25) is 0 Å². The molecule has 0 fully saturated rings. The molecule has 0 aliphatic rings. The highest BCUT2D eigenvalue weighted by Crippen LogP contribution is 2.15. The summed E-state index contributed by atoms with van der Waals surface area (Å²) >= 11 is 12.0. The van der Waals surface area contributed by atoms with Gasteiger partial charge in [-0.1, -0.05) is 35.3 Å². The first-order valence-corrected chi connectivity index (χ1v) is 9.44. The van der Waals surface area contributed by atoms with Gasteiger partial charge in [0.15, 0.2) is 11.6 Å². The van der Waals surface area contributed by atoms with Crippen LogP contribution >= 0.6 is 23.2 Å². The van der Waals surface area contributed by atoms with Crippen LogP contribution in [0, 0.1) is 0 Å². The maximum Gasteiger partial charge on any atom is 0.315 e. The smallest absolute Gasteiger partial charge is 0.315 e. The minimum atomic E-state index is -0.434. The van der Waals surface area contributed by atoms with Gasteiger partial charge in [-0.15, -0.1) is 10.2 Å². The number of hydrogen-bond donors (Lipinski definition) is 2. The molecule has 0 atom stereocenters. The normalized spacial score (nSPS) is 10.7. The molecule has 0 saturated carbocycles. The number of nitrogens with zero attached hydrogens (tertiary/aromatic N) is 8. The van der Waals surface area contributed by atoms with Gasteiger partial charge < -0.3 is 10.6 Å². The summed E-state index contributed by atoms with van der Waals surface area (Å²) in [7, 11) is 0. The molecule has 13 heteroatoms. The Hall–Kier alpha value is -3.57. The molecule has 2 heterocycles. The number of amides is 2. The largest absolute Gasteiger partial charge is 0.331 e. The van der Waals surface area contributed by atoms with E-state index in [9.17, 15) is 4.79 Å². The Labute approximate surface area is 180 Å². The Balaban J connectivity index is 1.36. The molecular formula is C17H14Cl2N10O. The molecule has 2 N–H and O–H groups in total. The molecule has 2 aromatic heterocycles. The lowest BCUT2D eigenvalue weighted by Crippen LogP contribution is -2.36. The summed E-state index contributed by atoms with van der Waals surface area (Å²) in [5, 5.41) is 29.5. The van der Waals surface area contributed by atoms with Crippen molar-refractivity contribution in [3.8, 4) is 11.4 Å². The summed E-state index contributed by atoms with van der Waals surface area (Å²) < 4.78 is 2.98. The average Bonchev–Trinajstić information content (AvgIpc) is 3.40. The monoisotopic (exact) mass is 444 g/mol. The van der Waals surface area contributed by atoms with E-state index in [1.54, 1.807) is 36.4 Å². The van der Waals surface area contributed by atoms with Crippen LogP contribution in [0.2, 0.25) is 10.0 Å². The van der Waals surface area contributed by atoms with Crippen molar-refractivity contribution in [1.82, 2.24) is 51.0 Å². The molecule has 0 radical (unpaired) electrons. The molecule has 152 valence electrons. The van der Waals surface area contributed by atoms with E-state index in [2.05, 4.69) is 41.7 Å². The Bertz CT molecular complexity index is 1080. The van der Waals surface area contributed by atoms with Gasteiger partial charge in [0.1, 0.15) is 0 Å². The van der Waals surface area contributed by atoms with Gasteiger partial charge in [0.05, 0.1) is 24.5 Å². The summed E-state index contributed by atoms with van der Waals surface area (Å²) in [4.78, 5) is 12.2. The van der Waals surface area contributed by atoms with E-state index in [0.717, 1.165) is 0 Å². The van der Waals surface area contributed by atoms with Gasteiger partial charge in [0, 0.05) is 10.0 Å². The van der Waals surface area contributed by atoms with Crippen molar-refractivity contribution < 1.29 is 4.79 Å². The fraction of sp³-hybridized carbons (Fsp3) is 0.118. The minimum absolute atomic E-state index is 0.102. The zero-order valence-corrected chi connectivity index (χ0v) is 16.8. The molecule has 11 nitrogen and oxygen atoms in total. The average molecular weight is 445 g/mol. The predicted molar refractivity (Wildman–Crippen MR) is 107 cm³/mol.